The maximum absolute atomic E-state index is 12.4. The maximum Gasteiger partial charge on any atom is 0.305 e. The second-order valence-corrected chi connectivity index (χ2v) is 7.61. The lowest BCUT2D eigenvalue weighted by molar-refractivity contribution is -0.385. The van der Waals surface area contributed by atoms with E-state index >= 15 is 0 Å². The van der Waals surface area contributed by atoms with Gasteiger partial charge in [0.15, 0.2) is 0 Å². The Morgan fingerprint density at radius 3 is 2.82 bits per heavy atom. The van der Waals surface area contributed by atoms with Crippen LogP contribution in [-0.2, 0) is 9.59 Å². The van der Waals surface area contributed by atoms with Crippen LogP contribution in [0.1, 0.15) is 17.7 Å². The van der Waals surface area contributed by atoms with E-state index in [0.717, 1.165) is 11.8 Å². The van der Waals surface area contributed by atoms with E-state index in [1.54, 1.807) is 31.2 Å². The number of hydrogen-bond acceptors (Lipinski definition) is 7. The Hall–Kier alpha value is -2.98. The van der Waals surface area contributed by atoms with Gasteiger partial charge < -0.3 is 9.52 Å². The highest BCUT2D eigenvalue weighted by molar-refractivity contribution is 8.26. The number of carbonyl (C=O) groups is 2. The first-order chi connectivity index (χ1) is 13.3. The van der Waals surface area contributed by atoms with Gasteiger partial charge in [-0.1, -0.05) is 36.1 Å². The van der Waals surface area contributed by atoms with E-state index in [9.17, 15) is 19.7 Å². The molecule has 2 heterocycles. The number of carbonyl (C=O) groups excluding carboxylic acids is 1. The Labute approximate surface area is 169 Å². The Balaban J connectivity index is 1.82. The van der Waals surface area contributed by atoms with Gasteiger partial charge in [-0.25, -0.2) is 0 Å². The summed E-state index contributed by atoms with van der Waals surface area (Å²) in [6.07, 6.45) is 1.32. The first kappa shape index (κ1) is 19.8. The molecule has 0 radical (unpaired) electrons. The molecule has 0 aliphatic carbocycles. The number of carboxylic acid groups (broad SMARTS) is 1. The van der Waals surface area contributed by atoms with Crippen molar-refractivity contribution in [1.29, 1.82) is 0 Å². The van der Waals surface area contributed by atoms with Gasteiger partial charge in [-0.15, -0.1) is 0 Å². The fraction of sp³-hybridized carbons (Fsp3) is 0.167. The molecule has 1 aliphatic heterocycles. The fourth-order valence-electron chi connectivity index (χ4n) is 2.57. The lowest BCUT2D eigenvalue weighted by Crippen LogP contribution is -2.30. The Bertz CT molecular complexity index is 1030. The second kappa shape index (κ2) is 7.95. The van der Waals surface area contributed by atoms with Gasteiger partial charge in [0.05, 0.1) is 16.2 Å². The second-order valence-electron chi connectivity index (χ2n) is 5.94. The smallest absolute Gasteiger partial charge is 0.305 e. The van der Waals surface area contributed by atoms with Crippen LogP contribution in [0.25, 0.3) is 17.4 Å². The molecule has 1 aromatic heterocycles. The number of thioether (sulfide) groups is 1. The zero-order chi connectivity index (χ0) is 20.4. The van der Waals surface area contributed by atoms with Crippen molar-refractivity contribution in [2.24, 2.45) is 0 Å². The van der Waals surface area contributed by atoms with Gasteiger partial charge in [0, 0.05) is 29.8 Å². The largest absolute Gasteiger partial charge is 0.481 e. The summed E-state index contributed by atoms with van der Waals surface area (Å²) in [5, 5.41) is 19.9. The molecule has 10 heteroatoms. The maximum atomic E-state index is 12.4. The van der Waals surface area contributed by atoms with Crippen LogP contribution in [0.5, 0.6) is 0 Å². The fourth-order valence-corrected chi connectivity index (χ4v) is 3.86. The normalized spacial score (nSPS) is 15.5. The molecule has 2 aromatic rings. The lowest BCUT2D eigenvalue weighted by Gasteiger charge is -2.12. The molecule has 0 saturated carbocycles. The molecule has 0 unspecified atom stereocenters. The Morgan fingerprint density at radius 2 is 2.14 bits per heavy atom. The number of aryl methyl sites for hydroxylation is 1. The summed E-state index contributed by atoms with van der Waals surface area (Å²) in [6, 6.07) is 8.10. The molecule has 0 atom stereocenters. The van der Waals surface area contributed by atoms with E-state index in [0.29, 0.717) is 31.9 Å². The quantitative estimate of drug-likeness (QED) is 0.326. The monoisotopic (exact) mass is 418 g/mol. The van der Waals surface area contributed by atoms with Crippen molar-refractivity contribution in [3.05, 3.63) is 56.7 Å². The van der Waals surface area contributed by atoms with Crippen LogP contribution in [0.15, 0.2) is 39.7 Å². The number of rotatable bonds is 6. The van der Waals surface area contributed by atoms with Crippen molar-refractivity contribution < 1.29 is 24.0 Å². The molecule has 3 rings (SSSR count). The lowest BCUT2D eigenvalue weighted by atomic mass is 10.1. The van der Waals surface area contributed by atoms with Gasteiger partial charge in [-0.05, 0) is 19.1 Å². The van der Waals surface area contributed by atoms with Crippen LogP contribution in [-0.4, -0.2) is 37.7 Å². The zero-order valence-corrected chi connectivity index (χ0v) is 16.2. The van der Waals surface area contributed by atoms with Crippen molar-refractivity contribution in [3.63, 3.8) is 0 Å². The average Bonchev–Trinajstić information content (AvgIpc) is 3.19. The van der Waals surface area contributed by atoms with Gasteiger partial charge in [0.1, 0.15) is 15.8 Å². The predicted molar refractivity (Wildman–Crippen MR) is 108 cm³/mol. The van der Waals surface area contributed by atoms with Crippen LogP contribution < -0.4 is 0 Å². The van der Waals surface area contributed by atoms with E-state index in [-0.39, 0.29) is 24.6 Å². The number of nitro benzene ring substituents is 1. The van der Waals surface area contributed by atoms with E-state index in [4.69, 9.17) is 21.7 Å². The van der Waals surface area contributed by atoms with E-state index in [1.165, 1.54) is 17.0 Å². The SMILES string of the molecule is Cc1ccc(-c2ccc(/C=C3\SC(=S)N(CCC(=O)O)C3=O)o2)cc1[N+](=O)[O-]. The number of thiocarbonyl (C=S) groups is 1. The summed E-state index contributed by atoms with van der Waals surface area (Å²) in [4.78, 5) is 35.3. The minimum atomic E-state index is -1.01. The highest BCUT2D eigenvalue weighted by Gasteiger charge is 2.32. The summed E-state index contributed by atoms with van der Waals surface area (Å²) in [5.74, 6) is -0.575. The third kappa shape index (κ3) is 4.12. The first-order valence-corrected chi connectivity index (χ1v) is 9.31. The molecule has 1 aliphatic rings. The number of hydrogen-bond donors (Lipinski definition) is 1. The third-order valence-corrected chi connectivity index (χ3v) is 5.39. The molecule has 1 saturated heterocycles. The third-order valence-electron chi connectivity index (χ3n) is 4.01. The highest BCUT2D eigenvalue weighted by atomic mass is 32.2. The van der Waals surface area contributed by atoms with Crippen LogP contribution in [0.2, 0.25) is 0 Å². The van der Waals surface area contributed by atoms with Crippen LogP contribution in [0.3, 0.4) is 0 Å². The van der Waals surface area contributed by atoms with Crippen LogP contribution >= 0.6 is 24.0 Å². The van der Waals surface area contributed by atoms with Crippen molar-refractivity contribution in [2.45, 2.75) is 13.3 Å². The molecule has 8 nitrogen and oxygen atoms in total. The van der Waals surface area contributed by atoms with Crippen molar-refractivity contribution >= 4 is 51.9 Å². The number of benzene rings is 1. The molecule has 1 fully saturated rings. The summed E-state index contributed by atoms with van der Waals surface area (Å²) < 4.78 is 5.99. The van der Waals surface area contributed by atoms with Crippen molar-refractivity contribution in [2.75, 3.05) is 6.54 Å². The van der Waals surface area contributed by atoms with E-state index in [2.05, 4.69) is 0 Å². The molecule has 1 N–H and O–H groups in total. The summed E-state index contributed by atoms with van der Waals surface area (Å²) in [5.41, 5.74) is 1.09. The first-order valence-electron chi connectivity index (χ1n) is 8.08. The Kier molecular flexibility index (Phi) is 5.61. The van der Waals surface area contributed by atoms with E-state index in [1.807, 2.05) is 0 Å². The van der Waals surface area contributed by atoms with Crippen LogP contribution in [0.4, 0.5) is 5.69 Å². The molecule has 0 bridgehead atoms. The highest BCUT2D eigenvalue weighted by Crippen LogP contribution is 2.34. The van der Waals surface area contributed by atoms with Gasteiger partial charge in [-0.2, -0.15) is 0 Å². The predicted octanol–water partition coefficient (Wildman–Crippen LogP) is 3.84. The number of furan rings is 1. The average molecular weight is 418 g/mol. The molecular formula is C18H14N2O6S2. The molecule has 1 amide bonds. The molecule has 28 heavy (non-hydrogen) atoms. The zero-order valence-electron chi connectivity index (χ0n) is 14.6. The minimum Gasteiger partial charge on any atom is -0.481 e. The standard InChI is InChI=1S/C18H14N2O6S2/c1-10-2-3-11(8-13(10)20(24)25)14-5-4-12(26-14)9-15-17(23)19(18(27)28-15)7-6-16(21)22/h2-5,8-9H,6-7H2,1H3,(H,21,22)/b15-9-. The summed E-state index contributed by atoms with van der Waals surface area (Å²) >= 11 is 6.20. The Morgan fingerprint density at radius 1 is 1.39 bits per heavy atom. The number of nitro groups is 1. The topological polar surface area (TPSA) is 114 Å². The molecular weight excluding hydrogens is 404 g/mol. The number of aliphatic carboxylic acids is 1. The molecule has 144 valence electrons. The van der Waals surface area contributed by atoms with Gasteiger partial charge in [0.25, 0.3) is 11.6 Å². The van der Waals surface area contributed by atoms with Gasteiger partial charge >= 0.3 is 5.97 Å². The molecule has 0 spiro atoms. The van der Waals surface area contributed by atoms with Crippen molar-refractivity contribution in [3.8, 4) is 11.3 Å². The molecule has 1 aromatic carbocycles. The summed E-state index contributed by atoms with van der Waals surface area (Å²) in [7, 11) is 0. The van der Waals surface area contributed by atoms with E-state index < -0.39 is 10.9 Å². The number of nitrogens with zero attached hydrogens (tertiary/aromatic N) is 2. The minimum absolute atomic E-state index is 0.00486. The van der Waals surface area contributed by atoms with Crippen LogP contribution in [0, 0.1) is 17.0 Å². The van der Waals surface area contributed by atoms with Gasteiger partial charge in [-0.3, -0.25) is 24.6 Å². The van der Waals surface area contributed by atoms with Gasteiger partial charge in [0.2, 0.25) is 0 Å². The number of carboxylic acids is 1. The van der Waals surface area contributed by atoms with Crippen molar-refractivity contribution in [1.82, 2.24) is 4.90 Å². The summed E-state index contributed by atoms with van der Waals surface area (Å²) in [6.45, 7) is 1.66. The number of amides is 1.